The van der Waals surface area contributed by atoms with Gasteiger partial charge in [0.05, 0.1) is 16.3 Å². The number of aromatic nitrogens is 3. The molecule has 9 heteroatoms. The molecule has 0 amide bonds. The first-order chi connectivity index (χ1) is 12.2. The maximum Gasteiger partial charge on any atom is 0.277 e. The molecule has 0 unspecified atom stereocenters. The average Bonchev–Trinajstić information content (AvgIpc) is 3.34. The van der Waals surface area contributed by atoms with E-state index in [-0.39, 0.29) is 15.6 Å². The lowest BCUT2D eigenvalue weighted by molar-refractivity contribution is 0.602. The number of anilines is 2. The molecule has 1 aliphatic rings. The third-order valence-electron chi connectivity index (χ3n) is 4.50. The molecule has 2 N–H and O–H groups in total. The van der Waals surface area contributed by atoms with E-state index in [9.17, 15) is 13.2 Å². The van der Waals surface area contributed by atoms with E-state index in [2.05, 4.69) is 15.4 Å². The molecule has 26 heavy (non-hydrogen) atoms. The topological polar surface area (TPSA) is 96.8 Å². The Hall–Kier alpha value is -2.32. The summed E-state index contributed by atoms with van der Waals surface area (Å²) in [4.78, 5) is 16.7. The van der Waals surface area contributed by atoms with Gasteiger partial charge in [0.2, 0.25) is 0 Å². The van der Waals surface area contributed by atoms with Crippen molar-refractivity contribution < 1.29 is 8.42 Å². The average molecular weight is 393 g/mol. The van der Waals surface area contributed by atoms with E-state index in [1.165, 1.54) is 17.0 Å². The highest BCUT2D eigenvalue weighted by molar-refractivity contribution is 7.90. The van der Waals surface area contributed by atoms with Gasteiger partial charge in [-0.2, -0.15) is 0 Å². The normalized spacial score (nSPS) is 14.7. The lowest BCUT2D eigenvalue weighted by Crippen LogP contribution is -2.12. The van der Waals surface area contributed by atoms with E-state index < -0.39 is 9.84 Å². The van der Waals surface area contributed by atoms with Crippen molar-refractivity contribution in [3.63, 3.8) is 0 Å². The van der Waals surface area contributed by atoms with Crippen LogP contribution in [0, 0.1) is 0 Å². The lowest BCUT2D eigenvalue weighted by atomic mass is 10.1. The first kappa shape index (κ1) is 17.1. The molecule has 0 spiro atoms. The van der Waals surface area contributed by atoms with Crippen molar-refractivity contribution in [2.45, 2.75) is 23.7 Å². The third kappa shape index (κ3) is 2.99. The highest BCUT2D eigenvalue weighted by Gasteiger charge is 2.26. The molecule has 1 fully saturated rings. The van der Waals surface area contributed by atoms with Crippen molar-refractivity contribution in [3.05, 3.63) is 45.3 Å². The van der Waals surface area contributed by atoms with Gasteiger partial charge in [-0.1, -0.05) is 17.7 Å². The number of nitrogens with zero attached hydrogens (tertiary/aromatic N) is 2. The van der Waals surface area contributed by atoms with Crippen LogP contribution in [0.15, 0.2) is 34.0 Å². The standard InChI is InChI=1S/C17H17ClN4O3S/c1-22-17(23)15-12(8-14(18)20-16(15)21-22)19-11-6-5-10(9-3-4-9)7-13(11)26(2,24)25/h5-9H,3-4H2,1-2H3,(H2,19,20,21). The molecule has 0 radical (unpaired) electrons. The molecule has 2 heterocycles. The molecule has 0 saturated heterocycles. The Kier molecular flexibility index (Phi) is 3.85. The maximum absolute atomic E-state index is 12.4. The van der Waals surface area contributed by atoms with Gasteiger partial charge in [-0.25, -0.2) is 13.4 Å². The van der Waals surface area contributed by atoms with Crippen molar-refractivity contribution in [1.82, 2.24) is 14.8 Å². The van der Waals surface area contributed by atoms with Gasteiger partial charge in [0.1, 0.15) is 10.5 Å². The van der Waals surface area contributed by atoms with Crippen LogP contribution in [-0.2, 0) is 16.9 Å². The number of sulfone groups is 1. The van der Waals surface area contributed by atoms with E-state index in [0.29, 0.717) is 28.3 Å². The molecular formula is C17H17ClN4O3S. The molecule has 1 aliphatic carbocycles. The number of H-pyrrole nitrogens is 1. The fraction of sp³-hybridized carbons (Fsp3) is 0.294. The van der Waals surface area contributed by atoms with Crippen LogP contribution in [0.2, 0.25) is 5.15 Å². The van der Waals surface area contributed by atoms with E-state index in [1.807, 2.05) is 6.07 Å². The summed E-state index contributed by atoms with van der Waals surface area (Å²) in [6, 6.07) is 6.88. The number of hydrogen-bond acceptors (Lipinski definition) is 5. The van der Waals surface area contributed by atoms with Crippen LogP contribution in [0.4, 0.5) is 11.4 Å². The van der Waals surface area contributed by atoms with E-state index in [1.54, 1.807) is 19.2 Å². The first-order valence-electron chi connectivity index (χ1n) is 8.10. The number of benzene rings is 1. The largest absolute Gasteiger partial charge is 0.354 e. The Morgan fingerprint density at radius 1 is 1.27 bits per heavy atom. The van der Waals surface area contributed by atoms with Crippen LogP contribution in [0.25, 0.3) is 11.0 Å². The molecular weight excluding hydrogens is 376 g/mol. The SMILES string of the molecule is Cn1[nH]c2nc(Cl)cc(Nc3ccc(C4CC4)cc3S(C)(=O)=O)c2c1=O. The van der Waals surface area contributed by atoms with E-state index >= 15 is 0 Å². The minimum absolute atomic E-state index is 0.192. The Bertz CT molecular complexity index is 1190. The predicted octanol–water partition coefficient (Wildman–Crippen LogP) is 2.94. The first-order valence-corrected chi connectivity index (χ1v) is 10.4. The number of nitrogens with one attached hydrogen (secondary N) is 2. The summed E-state index contributed by atoms with van der Waals surface area (Å²) >= 11 is 6.06. The lowest BCUT2D eigenvalue weighted by Gasteiger charge is -2.13. The second-order valence-corrected chi connectivity index (χ2v) is 8.99. The van der Waals surface area contributed by atoms with Gasteiger partial charge in [0, 0.05) is 13.3 Å². The van der Waals surface area contributed by atoms with Crippen molar-refractivity contribution in [3.8, 4) is 0 Å². The summed E-state index contributed by atoms with van der Waals surface area (Å²) in [7, 11) is -1.87. The number of pyridine rings is 1. The van der Waals surface area contributed by atoms with Crippen molar-refractivity contribution >= 4 is 43.8 Å². The van der Waals surface area contributed by atoms with Crippen LogP contribution >= 0.6 is 11.6 Å². The Labute approximate surface area is 154 Å². The molecule has 0 bridgehead atoms. The van der Waals surface area contributed by atoms with Gasteiger partial charge in [-0.15, -0.1) is 0 Å². The summed E-state index contributed by atoms with van der Waals surface area (Å²) in [6.07, 6.45) is 3.33. The summed E-state index contributed by atoms with van der Waals surface area (Å²) in [5.41, 5.74) is 1.89. The summed E-state index contributed by atoms with van der Waals surface area (Å²) in [5, 5.41) is 6.40. The minimum Gasteiger partial charge on any atom is -0.354 e. The van der Waals surface area contributed by atoms with Gasteiger partial charge in [-0.3, -0.25) is 14.6 Å². The Balaban J connectivity index is 1.88. The minimum atomic E-state index is -3.45. The Morgan fingerprint density at radius 3 is 2.65 bits per heavy atom. The fourth-order valence-corrected chi connectivity index (χ4v) is 4.11. The van der Waals surface area contributed by atoms with Gasteiger partial charge < -0.3 is 5.32 Å². The molecule has 3 aromatic rings. The van der Waals surface area contributed by atoms with Crippen molar-refractivity contribution in [1.29, 1.82) is 0 Å². The van der Waals surface area contributed by atoms with Crippen LogP contribution < -0.4 is 10.9 Å². The number of aryl methyl sites for hydroxylation is 1. The van der Waals surface area contributed by atoms with Crippen LogP contribution in [0.1, 0.15) is 24.3 Å². The highest BCUT2D eigenvalue weighted by Crippen LogP contribution is 2.42. The number of hydrogen-bond donors (Lipinski definition) is 2. The van der Waals surface area contributed by atoms with Crippen LogP contribution in [0.3, 0.4) is 0 Å². The smallest absolute Gasteiger partial charge is 0.277 e. The Morgan fingerprint density at radius 2 is 2.00 bits per heavy atom. The van der Waals surface area contributed by atoms with E-state index in [4.69, 9.17) is 11.6 Å². The van der Waals surface area contributed by atoms with E-state index in [0.717, 1.165) is 18.4 Å². The van der Waals surface area contributed by atoms with Crippen LogP contribution in [-0.4, -0.2) is 29.4 Å². The van der Waals surface area contributed by atoms with Gasteiger partial charge >= 0.3 is 0 Å². The second kappa shape index (κ2) is 5.85. The number of halogens is 1. The quantitative estimate of drug-likeness (QED) is 0.665. The molecule has 0 atom stereocenters. The molecule has 2 aromatic heterocycles. The number of rotatable bonds is 4. The molecule has 4 rings (SSSR count). The zero-order valence-corrected chi connectivity index (χ0v) is 15.8. The van der Waals surface area contributed by atoms with Gasteiger partial charge in [0.15, 0.2) is 15.5 Å². The summed E-state index contributed by atoms with van der Waals surface area (Å²) in [6.45, 7) is 0. The third-order valence-corrected chi connectivity index (χ3v) is 5.83. The summed E-state index contributed by atoms with van der Waals surface area (Å²) in [5.74, 6) is 0.434. The number of aromatic amines is 1. The molecule has 1 aromatic carbocycles. The highest BCUT2D eigenvalue weighted by atomic mass is 35.5. The van der Waals surface area contributed by atoms with Crippen molar-refractivity contribution in [2.24, 2.45) is 7.05 Å². The predicted molar refractivity (Wildman–Crippen MR) is 101 cm³/mol. The molecule has 136 valence electrons. The van der Waals surface area contributed by atoms with Gasteiger partial charge in [-0.05, 0) is 42.5 Å². The molecule has 7 nitrogen and oxygen atoms in total. The fourth-order valence-electron chi connectivity index (χ4n) is 3.05. The maximum atomic E-state index is 12.4. The number of fused-ring (bicyclic) bond motifs is 1. The molecule has 1 saturated carbocycles. The monoisotopic (exact) mass is 392 g/mol. The van der Waals surface area contributed by atoms with Gasteiger partial charge in [0.25, 0.3) is 5.56 Å². The second-order valence-electron chi connectivity index (χ2n) is 6.62. The van der Waals surface area contributed by atoms with Crippen molar-refractivity contribution in [2.75, 3.05) is 11.6 Å². The van der Waals surface area contributed by atoms with Crippen LogP contribution in [0.5, 0.6) is 0 Å². The zero-order valence-electron chi connectivity index (χ0n) is 14.2. The molecule has 0 aliphatic heterocycles. The summed E-state index contributed by atoms with van der Waals surface area (Å²) < 4.78 is 25.9. The zero-order chi connectivity index (χ0) is 18.6.